The number of carbonyl (C=O) groups excluding carboxylic acids is 2. The number of ether oxygens (including phenoxy) is 1. The van der Waals surface area contributed by atoms with Crippen LogP contribution in [0.25, 0.3) is 0 Å². The van der Waals surface area contributed by atoms with E-state index < -0.39 is 12.0 Å². The number of allylic oxidation sites excluding steroid dienone is 5. The van der Waals surface area contributed by atoms with E-state index in [1.54, 1.807) is 26.0 Å². The molecule has 0 aromatic heterocycles. The first-order chi connectivity index (χ1) is 14.4. The Morgan fingerprint density at radius 1 is 1.10 bits per heavy atom. The van der Waals surface area contributed by atoms with Gasteiger partial charge in [-0.15, -0.1) is 0 Å². The summed E-state index contributed by atoms with van der Waals surface area (Å²) >= 11 is 0. The monoisotopic (exact) mass is 432 g/mol. The fourth-order valence-electron chi connectivity index (χ4n) is 3.53. The highest BCUT2D eigenvalue weighted by Crippen LogP contribution is 2.34. The van der Waals surface area contributed by atoms with E-state index in [2.05, 4.69) is 13.0 Å². The molecule has 174 valence electrons. The summed E-state index contributed by atoms with van der Waals surface area (Å²) in [6.45, 7) is 12.9. The zero-order valence-electron chi connectivity index (χ0n) is 20.0. The number of Topliss-reactive ketones (excluding diaryl/α,β-unsaturated/α-hetero) is 1. The van der Waals surface area contributed by atoms with E-state index in [0.717, 1.165) is 24.0 Å². The smallest absolute Gasteiger partial charge is 0.313 e. The molecule has 0 bridgehead atoms. The largest absolute Gasteiger partial charge is 0.457 e. The van der Waals surface area contributed by atoms with Crippen molar-refractivity contribution in [3.63, 3.8) is 0 Å². The minimum absolute atomic E-state index is 0.00534. The van der Waals surface area contributed by atoms with E-state index in [9.17, 15) is 19.8 Å². The van der Waals surface area contributed by atoms with Gasteiger partial charge in [0.2, 0.25) is 0 Å². The maximum absolute atomic E-state index is 12.4. The van der Waals surface area contributed by atoms with Gasteiger partial charge in [-0.3, -0.25) is 9.59 Å². The van der Waals surface area contributed by atoms with E-state index in [4.69, 9.17) is 4.74 Å². The van der Waals surface area contributed by atoms with Crippen LogP contribution in [0.5, 0.6) is 0 Å². The van der Waals surface area contributed by atoms with Gasteiger partial charge in [-0.25, -0.2) is 0 Å². The van der Waals surface area contributed by atoms with Crippen LogP contribution < -0.4 is 0 Å². The third-order valence-electron chi connectivity index (χ3n) is 6.00. The quantitative estimate of drug-likeness (QED) is 0.370. The fourth-order valence-corrected chi connectivity index (χ4v) is 3.53. The Morgan fingerprint density at radius 2 is 1.74 bits per heavy atom. The van der Waals surface area contributed by atoms with Gasteiger partial charge in [0.25, 0.3) is 0 Å². The molecule has 4 unspecified atom stereocenters. The van der Waals surface area contributed by atoms with Gasteiger partial charge in [-0.05, 0) is 52.0 Å². The molecule has 1 heterocycles. The summed E-state index contributed by atoms with van der Waals surface area (Å²) in [6, 6.07) is 0. The van der Waals surface area contributed by atoms with E-state index in [0.29, 0.717) is 5.92 Å². The Morgan fingerprint density at radius 3 is 2.32 bits per heavy atom. The molecule has 1 fully saturated rings. The summed E-state index contributed by atoms with van der Waals surface area (Å²) in [4.78, 5) is 23.8. The van der Waals surface area contributed by atoms with Gasteiger partial charge in [0.05, 0.1) is 18.1 Å². The maximum Gasteiger partial charge on any atom is 0.313 e. The molecule has 0 aliphatic carbocycles. The first kappa shape index (κ1) is 27.1. The molecule has 5 heteroatoms. The lowest BCUT2D eigenvalue weighted by Crippen LogP contribution is -2.21. The molecular formula is C26H40O5. The van der Waals surface area contributed by atoms with Gasteiger partial charge >= 0.3 is 5.97 Å². The Bertz CT molecular complexity index is 728. The fraction of sp³-hybridized carbons (Fsp3) is 0.615. The second kappa shape index (κ2) is 12.8. The van der Waals surface area contributed by atoms with Crippen LogP contribution in [-0.4, -0.2) is 40.3 Å². The number of hydrogen-bond donors (Lipinski definition) is 2. The van der Waals surface area contributed by atoms with Crippen LogP contribution in [0.4, 0.5) is 0 Å². The number of aliphatic hydroxyl groups excluding tert-OH is 2. The third kappa shape index (κ3) is 8.96. The highest BCUT2D eigenvalue weighted by atomic mass is 16.6. The van der Waals surface area contributed by atoms with E-state index in [1.165, 1.54) is 6.92 Å². The van der Waals surface area contributed by atoms with Crippen LogP contribution in [-0.2, 0) is 14.3 Å². The first-order valence-electron chi connectivity index (χ1n) is 11.2. The van der Waals surface area contributed by atoms with Crippen molar-refractivity contribution in [2.45, 2.75) is 79.6 Å². The number of ketones is 1. The maximum atomic E-state index is 12.4. The first-order valence-corrected chi connectivity index (χ1v) is 11.2. The Labute approximate surface area is 187 Å². The number of esters is 1. The molecule has 0 aromatic carbocycles. The van der Waals surface area contributed by atoms with E-state index >= 15 is 0 Å². The van der Waals surface area contributed by atoms with Crippen molar-refractivity contribution in [3.05, 3.63) is 47.6 Å². The summed E-state index contributed by atoms with van der Waals surface area (Å²) in [5.41, 5.74) is 1.84. The van der Waals surface area contributed by atoms with Gasteiger partial charge in [0.15, 0.2) is 0 Å². The van der Waals surface area contributed by atoms with Gasteiger partial charge in [-0.1, -0.05) is 62.8 Å². The van der Waals surface area contributed by atoms with Crippen LogP contribution in [0.3, 0.4) is 0 Å². The topological polar surface area (TPSA) is 83.8 Å². The lowest BCUT2D eigenvalue weighted by Gasteiger charge is -2.16. The van der Waals surface area contributed by atoms with Gasteiger partial charge < -0.3 is 14.9 Å². The van der Waals surface area contributed by atoms with Crippen LogP contribution >= 0.6 is 0 Å². The zero-order valence-corrected chi connectivity index (χ0v) is 20.0. The van der Waals surface area contributed by atoms with E-state index in [1.807, 2.05) is 39.0 Å². The molecule has 1 aliphatic heterocycles. The molecule has 2 N–H and O–H groups in total. The van der Waals surface area contributed by atoms with Crippen LogP contribution in [0.1, 0.15) is 61.3 Å². The molecule has 7 atom stereocenters. The van der Waals surface area contributed by atoms with Crippen LogP contribution in [0, 0.1) is 23.7 Å². The normalized spacial score (nSPS) is 26.9. The van der Waals surface area contributed by atoms with Crippen molar-refractivity contribution in [2.24, 2.45) is 23.7 Å². The molecule has 0 aromatic rings. The molecule has 31 heavy (non-hydrogen) atoms. The van der Waals surface area contributed by atoms with Crippen molar-refractivity contribution >= 4 is 11.8 Å². The standard InChI is InChI=1S/C26H40O5/c1-16(11-13-19(4)27)9-8-10-18(3)25-21(6)23(26(30)31-25)15-17(2)12-14-24(29)20(5)22(7)28/h8-10,12,14-16,19-21,23-25,27,29H,11,13H2,1-7H3/b9-8+,14-12+,17-15+,18-10+/t16?,19?,20?,21-,23-,24?,25+/m0/s1. The number of hydrogen-bond acceptors (Lipinski definition) is 5. The van der Waals surface area contributed by atoms with Crippen molar-refractivity contribution in [2.75, 3.05) is 0 Å². The molecule has 1 saturated heterocycles. The van der Waals surface area contributed by atoms with Crippen LogP contribution in [0.2, 0.25) is 0 Å². The molecule has 0 radical (unpaired) electrons. The summed E-state index contributed by atoms with van der Waals surface area (Å²) in [6.07, 6.45) is 11.6. The second-order valence-electron chi connectivity index (χ2n) is 9.10. The number of carbonyl (C=O) groups is 2. The predicted octanol–water partition coefficient (Wildman–Crippen LogP) is 4.55. The predicted molar refractivity (Wildman–Crippen MR) is 124 cm³/mol. The summed E-state index contributed by atoms with van der Waals surface area (Å²) in [5, 5.41) is 19.4. The highest BCUT2D eigenvalue weighted by molar-refractivity contribution is 5.79. The average Bonchev–Trinajstić information content (AvgIpc) is 2.97. The average molecular weight is 433 g/mol. The van der Waals surface area contributed by atoms with Gasteiger partial charge in [0, 0.05) is 11.8 Å². The SMILES string of the molecule is CC(=O)C(C)C(O)/C=C/C(C)=C/[C@@H]1C(=O)O[C@H](/C(C)=C/C=C/C(C)CCC(C)O)[C@H]1C. The Balaban J connectivity index is 2.77. The molecule has 1 rings (SSSR count). The molecule has 5 nitrogen and oxygen atoms in total. The molecule has 1 aliphatic rings. The highest BCUT2D eigenvalue weighted by Gasteiger charge is 2.41. The second-order valence-corrected chi connectivity index (χ2v) is 9.10. The molecule has 0 amide bonds. The summed E-state index contributed by atoms with van der Waals surface area (Å²) in [7, 11) is 0. The zero-order chi connectivity index (χ0) is 23.7. The molecule has 0 spiro atoms. The number of cyclic esters (lactones) is 1. The lowest BCUT2D eigenvalue weighted by atomic mass is 9.87. The van der Waals surface area contributed by atoms with Gasteiger partial charge in [0.1, 0.15) is 11.9 Å². The Kier molecular flexibility index (Phi) is 11.1. The summed E-state index contributed by atoms with van der Waals surface area (Å²) < 4.78 is 5.64. The third-order valence-corrected chi connectivity index (χ3v) is 6.00. The van der Waals surface area contributed by atoms with Crippen molar-refractivity contribution < 1.29 is 24.5 Å². The minimum atomic E-state index is -0.846. The number of aliphatic hydroxyl groups is 2. The van der Waals surface area contributed by atoms with Crippen molar-refractivity contribution in [1.82, 2.24) is 0 Å². The van der Waals surface area contributed by atoms with Crippen molar-refractivity contribution in [1.29, 1.82) is 0 Å². The molecule has 0 saturated carbocycles. The Hall–Kier alpha value is -1.98. The van der Waals surface area contributed by atoms with E-state index in [-0.39, 0.29) is 35.8 Å². The van der Waals surface area contributed by atoms with Gasteiger partial charge in [-0.2, -0.15) is 0 Å². The minimum Gasteiger partial charge on any atom is -0.457 e. The summed E-state index contributed by atoms with van der Waals surface area (Å²) in [5.74, 6) is -0.760. The van der Waals surface area contributed by atoms with Crippen molar-refractivity contribution in [3.8, 4) is 0 Å². The van der Waals surface area contributed by atoms with Crippen LogP contribution in [0.15, 0.2) is 47.6 Å². The number of rotatable bonds is 11. The molecular weight excluding hydrogens is 392 g/mol. The lowest BCUT2D eigenvalue weighted by molar-refractivity contribution is -0.142.